The standard InChI is InChI=1S/C14H23BS2/c1-14(2)9-6-11(14)10(12(15)7-9)8-13-16-4-3-5-17-13/h9-13H,3-8H2,1-2H3/t9-,10+,11+,12+/m1/s1. The van der Waals surface area contributed by atoms with Crippen LogP contribution in [0.1, 0.15) is 39.5 Å². The van der Waals surface area contributed by atoms with Crippen molar-refractivity contribution >= 4 is 31.4 Å². The molecule has 0 aromatic rings. The van der Waals surface area contributed by atoms with Crippen LogP contribution in [0.3, 0.4) is 0 Å². The van der Waals surface area contributed by atoms with Gasteiger partial charge in [0.2, 0.25) is 0 Å². The number of hydrogen-bond acceptors (Lipinski definition) is 2. The molecule has 0 unspecified atom stereocenters. The van der Waals surface area contributed by atoms with E-state index in [1.165, 1.54) is 37.2 Å². The third kappa shape index (κ3) is 2.20. The SMILES string of the molecule is [B][C@H]1C[C@H]2C[C@@H]([C@@H]1CC1SCCCS1)C2(C)C. The van der Waals surface area contributed by atoms with E-state index in [1.54, 1.807) is 0 Å². The van der Waals surface area contributed by atoms with Crippen molar-refractivity contribution in [2.45, 2.75) is 49.9 Å². The molecule has 2 bridgehead atoms. The van der Waals surface area contributed by atoms with E-state index >= 15 is 0 Å². The number of rotatable bonds is 2. The highest BCUT2D eigenvalue weighted by atomic mass is 32.2. The summed E-state index contributed by atoms with van der Waals surface area (Å²) >= 11 is 4.37. The van der Waals surface area contributed by atoms with Gasteiger partial charge < -0.3 is 0 Å². The Kier molecular flexibility index (Phi) is 3.54. The minimum absolute atomic E-state index is 0.495. The average Bonchev–Trinajstić information content (AvgIpc) is 2.32. The molecule has 3 aliphatic carbocycles. The van der Waals surface area contributed by atoms with Crippen LogP contribution in [0.2, 0.25) is 5.82 Å². The van der Waals surface area contributed by atoms with Crippen molar-refractivity contribution in [1.29, 1.82) is 0 Å². The van der Waals surface area contributed by atoms with Crippen molar-refractivity contribution in [3.63, 3.8) is 0 Å². The van der Waals surface area contributed by atoms with E-state index in [4.69, 9.17) is 7.85 Å². The van der Waals surface area contributed by atoms with E-state index in [-0.39, 0.29) is 0 Å². The first kappa shape index (κ1) is 12.8. The van der Waals surface area contributed by atoms with Crippen molar-refractivity contribution in [2.75, 3.05) is 11.5 Å². The van der Waals surface area contributed by atoms with Gasteiger partial charge in [-0.1, -0.05) is 26.1 Å². The second-order valence-electron chi connectivity index (χ2n) is 6.68. The largest absolute Gasteiger partial charge is 0.148 e. The summed E-state index contributed by atoms with van der Waals surface area (Å²) in [5.41, 5.74) is 0.588. The topological polar surface area (TPSA) is 0 Å². The van der Waals surface area contributed by atoms with E-state index in [0.29, 0.717) is 11.2 Å². The second kappa shape index (κ2) is 4.70. The van der Waals surface area contributed by atoms with Crippen molar-refractivity contribution in [2.24, 2.45) is 23.2 Å². The van der Waals surface area contributed by atoms with Crippen LogP contribution < -0.4 is 0 Å². The smallest absolute Gasteiger partial charge is 0.0703 e. The molecule has 0 aromatic heterocycles. The molecule has 94 valence electrons. The van der Waals surface area contributed by atoms with Gasteiger partial charge in [-0.2, -0.15) is 0 Å². The average molecular weight is 266 g/mol. The summed E-state index contributed by atoms with van der Waals surface area (Å²) in [6.45, 7) is 4.96. The Labute approximate surface area is 116 Å². The van der Waals surface area contributed by atoms with E-state index in [1.807, 2.05) is 0 Å². The Morgan fingerprint density at radius 2 is 1.88 bits per heavy atom. The maximum atomic E-state index is 6.42. The minimum Gasteiger partial charge on any atom is -0.148 e. The van der Waals surface area contributed by atoms with Crippen molar-refractivity contribution in [3.8, 4) is 0 Å². The molecule has 4 fully saturated rings. The van der Waals surface area contributed by atoms with Crippen molar-refractivity contribution < 1.29 is 0 Å². The Bertz CT molecular complexity index is 286. The lowest BCUT2D eigenvalue weighted by Gasteiger charge is -2.63. The lowest BCUT2D eigenvalue weighted by atomic mass is 9.40. The zero-order chi connectivity index (χ0) is 12.0. The third-order valence-corrected chi connectivity index (χ3v) is 8.52. The van der Waals surface area contributed by atoms with Crippen molar-refractivity contribution in [1.82, 2.24) is 0 Å². The highest BCUT2D eigenvalue weighted by molar-refractivity contribution is 8.17. The maximum Gasteiger partial charge on any atom is 0.0703 e. The second-order valence-corrected chi connectivity index (χ2v) is 9.60. The minimum atomic E-state index is 0.495. The molecule has 0 spiro atoms. The molecule has 1 heterocycles. The van der Waals surface area contributed by atoms with Gasteiger partial charge >= 0.3 is 0 Å². The molecule has 0 aromatic carbocycles. The monoisotopic (exact) mass is 266 g/mol. The van der Waals surface area contributed by atoms with E-state index in [2.05, 4.69) is 37.4 Å². The van der Waals surface area contributed by atoms with Gasteiger partial charge in [0.15, 0.2) is 0 Å². The molecule has 3 saturated carbocycles. The molecule has 0 N–H and O–H groups in total. The summed E-state index contributed by atoms with van der Waals surface area (Å²) in [4.78, 5) is 0. The Morgan fingerprint density at radius 1 is 1.18 bits per heavy atom. The van der Waals surface area contributed by atoms with E-state index in [0.717, 1.165) is 22.3 Å². The van der Waals surface area contributed by atoms with Crippen LogP contribution in [0.15, 0.2) is 0 Å². The highest BCUT2D eigenvalue weighted by Gasteiger charge is 2.56. The summed E-state index contributed by atoms with van der Waals surface area (Å²) in [6, 6.07) is 0. The molecule has 0 amide bonds. The molecule has 1 saturated heterocycles. The first-order valence-corrected chi connectivity index (χ1v) is 9.17. The molecule has 17 heavy (non-hydrogen) atoms. The van der Waals surface area contributed by atoms with E-state index < -0.39 is 0 Å². The van der Waals surface area contributed by atoms with E-state index in [9.17, 15) is 0 Å². The van der Waals surface area contributed by atoms with Gasteiger partial charge in [0.1, 0.15) is 0 Å². The first-order chi connectivity index (χ1) is 8.09. The molecule has 4 rings (SSSR count). The lowest BCUT2D eigenvalue weighted by Crippen LogP contribution is -2.54. The van der Waals surface area contributed by atoms with Gasteiger partial charge in [-0.25, -0.2) is 0 Å². The fraction of sp³-hybridized carbons (Fsp3) is 1.00. The first-order valence-electron chi connectivity index (χ1n) is 7.08. The van der Waals surface area contributed by atoms with Crippen LogP contribution in [0, 0.1) is 23.2 Å². The van der Waals surface area contributed by atoms with Gasteiger partial charge in [0.25, 0.3) is 0 Å². The molecule has 2 radical (unpaired) electrons. The zero-order valence-electron chi connectivity index (χ0n) is 11.0. The van der Waals surface area contributed by atoms with Crippen LogP contribution in [-0.2, 0) is 0 Å². The molecule has 4 atom stereocenters. The van der Waals surface area contributed by atoms with Gasteiger partial charge in [0.05, 0.1) is 12.4 Å². The molecular weight excluding hydrogens is 243 g/mol. The summed E-state index contributed by atoms with van der Waals surface area (Å²) in [5.74, 6) is 5.88. The van der Waals surface area contributed by atoms with Crippen LogP contribution in [0.4, 0.5) is 0 Å². The normalized spacial score (nSPS) is 45.3. The summed E-state index contributed by atoms with van der Waals surface area (Å²) in [5, 5.41) is 0. The predicted molar refractivity (Wildman–Crippen MR) is 80.9 cm³/mol. The Hall–Kier alpha value is 0.765. The number of fused-ring (bicyclic) bond motifs is 2. The Morgan fingerprint density at radius 3 is 2.53 bits per heavy atom. The number of hydrogen-bond donors (Lipinski definition) is 0. The quantitative estimate of drug-likeness (QED) is 0.687. The van der Waals surface area contributed by atoms with Gasteiger partial charge in [-0.05, 0) is 53.9 Å². The summed E-state index contributed by atoms with van der Waals surface area (Å²) < 4.78 is 0.841. The van der Waals surface area contributed by atoms with Gasteiger partial charge in [-0.3, -0.25) is 0 Å². The van der Waals surface area contributed by atoms with Crippen molar-refractivity contribution in [3.05, 3.63) is 0 Å². The molecular formula is C14H23BS2. The van der Waals surface area contributed by atoms with Gasteiger partial charge in [-0.15, -0.1) is 23.5 Å². The molecule has 4 aliphatic rings. The lowest BCUT2D eigenvalue weighted by molar-refractivity contribution is -0.104. The fourth-order valence-corrected chi connectivity index (χ4v) is 7.23. The van der Waals surface area contributed by atoms with Crippen LogP contribution >= 0.6 is 23.5 Å². The third-order valence-electron chi connectivity index (χ3n) is 5.53. The molecule has 3 heteroatoms. The summed E-state index contributed by atoms with van der Waals surface area (Å²) in [6.07, 6.45) is 5.53. The zero-order valence-corrected chi connectivity index (χ0v) is 12.7. The predicted octanol–water partition coefficient (Wildman–Crippen LogP) is 4.21. The Balaban J connectivity index is 1.64. The van der Waals surface area contributed by atoms with Crippen LogP contribution in [-0.4, -0.2) is 23.9 Å². The summed E-state index contributed by atoms with van der Waals surface area (Å²) in [7, 11) is 6.42. The highest BCUT2D eigenvalue weighted by Crippen LogP contribution is 2.65. The molecule has 1 aliphatic heterocycles. The molecule has 0 nitrogen and oxygen atoms in total. The van der Waals surface area contributed by atoms with Crippen LogP contribution in [0.5, 0.6) is 0 Å². The van der Waals surface area contributed by atoms with Gasteiger partial charge in [0, 0.05) is 0 Å². The number of thioether (sulfide) groups is 2. The fourth-order valence-electron chi connectivity index (χ4n) is 4.22. The maximum absolute atomic E-state index is 6.42. The van der Waals surface area contributed by atoms with Crippen LogP contribution in [0.25, 0.3) is 0 Å².